The van der Waals surface area contributed by atoms with Gasteiger partial charge in [-0.2, -0.15) is 0 Å². The summed E-state index contributed by atoms with van der Waals surface area (Å²) in [6.07, 6.45) is 16.8. The highest BCUT2D eigenvalue weighted by Gasteiger charge is 2.10. The van der Waals surface area contributed by atoms with Gasteiger partial charge in [0.1, 0.15) is 16.9 Å². The van der Waals surface area contributed by atoms with Crippen molar-refractivity contribution in [3.63, 3.8) is 0 Å². The molecule has 0 bridgehead atoms. The number of nitrogens with zero attached hydrogens (tertiary/aromatic N) is 4. The van der Waals surface area contributed by atoms with Crippen LogP contribution in [0.3, 0.4) is 0 Å². The molecule has 0 fully saturated rings. The second-order valence-electron chi connectivity index (χ2n) is 6.47. The molecule has 134 valence electrons. The molecule has 0 spiro atoms. The molecule has 0 aliphatic rings. The van der Waals surface area contributed by atoms with Crippen LogP contribution in [0.2, 0.25) is 0 Å². The normalized spacial score (nSPS) is 11.4. The van der Waals surface area contributed by atoms with E-state index in [-0.39, 0.29) is 0 Å². The van der Waals surface area contributed by atoms with E-state index >= 15 is 0 Å². The van der Waals surface area contributed by atoms with Crippen LogP contribution in [-0.2, 0) is 6.54 Å². The average Bonchev–Trinajstić information content (AvgIpc) is 3.02. The van der Waals surface area contributed by atoms with Gasteiger partial charge in [-0.05, 0) is 18.6 Å². The summed E-state index contributed by atoms with van der Waals surface area (Å²) in [4.78, 5) is 13.4. The van der Waals surface area contributed by atoms with Gasteiger partial charge in [-0.15, -0.1) is 11.8 Å². The first-order valence-electron chi connectivity index (χ1n) is 9.65. The Morgan fingerprint density at radius 1 is 0.833 bits per heavy atom. The largest absolute Gasteiger partial charge is 0.315 e. The zero-order valence-corrected chi connectivity index (χ0v) is 16.2. The van der Waals surface area contributed by atoms with Crippen LogP contribution in [-0.4, -0.2) is 25.3 Å². The highest BCUT2D eigenvalue weighted by molar-refractivity contribution is 7.99. The standard InChI is InChI=1S/C19H32N4S/c1-3-5-7-8-9-10-11-12-14-24-19-17-18(20-15-21-19)23(16-22-17)13-6-4-2/h15-16H,3-14H2,1-2H3. The van der Waals surface area contributed by atoms with E-state index in [9.17, 15) is 0 Å². The highest BCUT2D eigenvalue weighted by atomic mass is 32.2. The van der Waals surface area contributed by atoms with Gasteiger partial charge in [-0.25, -0.2) is 15.0 Å². The van der Waals surface area contributed by atoms with Gasteiger partial charge in [0.25, 0.3) is 0 Å². The Kier molecular flexibility index (Phi) is 9.18. The van der Waals surface area contributed by atoms with Gasteiger partial charge in [-0.3, -0.25) is 0 Å². The molecule has 2 rings (SSSR count). The molecular weight excluding hydrogens is 316 g/mol. The van der Waals surface area contributed by atoms with Gasteiger partial charge in [0, 0.05) is 6.54 Å². The first kappa shape index (κ1) is 19.2. The van der Waals surface area contributed by atoms with Crippen LogP contribution in [0.1, 0.15) is 78.1 Å². The lowest BCUT2D eigenvalue weighted by Gasteiger charge is -2.04. The van der Waals surface area contributed by atoms with Crippen molar-refractivity contribution in [2.24, 2.45) is 0 Å². The van der Waals surface area contributed by atoms with E-state index in [2.05, 4.69) is 33.4 Å². The van der Waals surface area contributed by atoms with Gasteiger partial charge >= 0.3 is 0 Å². The Hall–Kier alpha value is -1.10. The third kappa shape index (κ3) is 6.08. The number of hydrogen-bond acceptors (Lipinski definition) is 4. The van der Waals surface area contributed by atoms with Gasteiger partial charge in [0.05, 0.1) is 6.33 Å². The van der Waals surface area contributed by atoms with Crippen LogP contribution < -0.4 is 0 Å². The number of imidazole rings is 1. The van der Waals surface area contributed by atoms with E-state index in [1.165, 1.54) is 57.8 Å². The van der Waals surface area contributed by atoms with E-state index in [4.69, 9.17) is 0 Å². The summed E-state index contributed by atoms with van der Waals surface area (Å²) in [5.74, 6) is 1.13. The van der Waals surface area contributed by atoms with Crippen LogP contribution >= 0.6 is 11.8 Å². The summed E-state index contributed by atoms with van der Waals surface area (Å²) in [6.45, 7) is 5.47. The number of unbranched alkanes of at least 4 members (excludes halogenated alkanes) is 8. The molecule has 4 nitrogen and oxygen atoms in total. The molecule has 5 heteroatoms. The molecule has 0 unspecified atom stereocenters. The van der Waals surface area contributed by atoms with Crippen LogP contribution in [0.15, 0.2) is 17.7 Å². The van der Waals surface area contributed by atoms with Crippen molar-refractivity contribution < 1.29 is 0 Å². The fourth-order valence-electron chi connectivity index (χ4n) is 2.86. The first-order chi connectivity index (χ1) is 11.9. The predicted molar refractivity (Wildman–Crippen MR) is 104 cm³/mol. The molecule has 0 atom stereocenters. The SMILES string of the molecule is CCCCCCCCCCSc1ncnc2c1ncn2CCCC. The summed E-state index contributed by atoms with van der Waals surface area (Å²) in [6, 6.07) is 0. The molecule has 2 heterocycles. The Labute approximate surface area is 150 Å². The molecule has 0 saturated heterocycles. The Balaban J connectivity index is 1.72. The molecule has 0 aliphatic heterocycles. The molecule has 0 amide bonds. The van der Waals surface area contributed by atoms with Gasteiger partial charge in [0.15, 0.2) is 5.65 Å². The second kappa shape index (κ2) is 11.5. The highest BCUT2D eigenvalue weighted by Crippen LogP contribution is 2.24. The van der Waals surface area contributed by atoms with E-state index in [1.54, 1.807) is 6.33 Å². The predicted octanol–water partition coefficient (Wildman–Crippen LogP) is 5.86. The van der Waals surface area contributed by atoms with Crippen molar-refractivity contribution in [2.45, 2.75) is 89.6 Å². The zero-order chi connectivity index (χ0) is 17.0. The van der Waals surface area contributed by atoms with Crippen molar-refractivity contribution in [1.82, 2.24) is 19.5 Å². The summed E-state index contributed by atoms with van der Waals surface area (Å²) in [5.41, 5.74) is 1.95. The second-order valence-corrected chi connectivity index (χ2v) is 7.55. The van der Waals surface area contributed by atoms with Crippen molar-refractivity contribution in [1.29, 1.82) is 0 Å². The maximum absolute atomic E-state index is 4.55. The van der Waals surface area contributed by atoms with Crippen molar-refractivity contribution in [2.75, 3.05) is 5.75 Å². The summed E-state index contributed by atoms with van der Waals surface area (Å²) in [5, 5.41) is 1.04. The number of aryl methyl sites for hydroxylation is 1. The topological polar surface area (TPSA) is 43.6 Å². The van der Waals surface area contributed by atoms with Gasteiger partial charge < -0.3 is 4.57 Å². The van der Waals surface area contributed by atoms with Crippen LogP contribution in [0.5, 0.6) is 0 Å². The first-order valence-corrected chi connectivity index (χ1v) is 10.6. The lowest BCUT2D eigenvalue weighted by Crippen LogP contribution is -1.97. The molecular formula is C19H32N4S. The molecule has 0 N–H and O–H groups in total. The van der Waals surface area contributed by atoms with Crippen LogP contribution in [0, 0.1) is 0 Å². The molecule has 0 radical (unpaired) electrons. The number of rotatable bonds is 13. The lowest BCUT2D eigenvalue weighted by atomic mass is 10.1. The molecule has 2 aromatic rings. The summed E-state index contributed by atoms with van der Waals surface area (Å²) >= 11 is 1.83. The maximum Gasteiger partial charge on any atom is 0.164 e. The smallest absolute Gasteiger partial charge is 0.164 e. The monoisotopic (exact) mass is 348 g/mol. The van der Waals surface area contributed by atoms with E-state index in [0.717, 1.165) is 34.9 Å². The van der Waals surface area contributed by atoms with E-state index in [1.807, 2.05) is 18.1 Å². The number of thioether (sulfide) groups is 1. The summed E-state index contributed by atoms with van der Waals surface area (Å²) < 4.78 is 2.15. The molecule has 0 saturated carbocycles. The quantitative estimate of drug-likeness (QED) is 0.258. The van der Waals surface area contributed by atoms with Crippen molar-refractivity contribution >= 4 is 22.9 Å². The van der Waals surface area contributed by atoms with Crippen LogP contribution in [0.25, 0.3) is 11.2 Å². The fraction of sp³-hybridized carbons (Fsp3) is 0.737. The number of hydrogen-bond donors (Lipinski definition) is 0. The molecule has 0 aliphatic carbocycles. The van der Waals surface area contributed by atoms with Crippen molar-refractivity contribution in [3.05, 3.63) is 12.7 Å². The fourth-order valence-corrected chi connectivity index (χ4v) is 3.81. The van der Waals surface area contributed by atoms with Crippen molar-refractivity contribution in [3.8, 4) is 0 Å². The third-order valence-corrected chi connectivity index (χ3v) is 5.42. The number of aromatic nitrogens is 4. The van der Waals surface area contributed by atoms with Crippen LogP contribution in [0.4, 0.5) is 0 Å². The average molecular weight is 349 g/mol. The number of fused-ring (bicyclic) bond motifs is 1. The third-order valence-electron chi connectivity index (χ3n) is 4.36. The Morgan fingerprint density at radius 3 is 2.29 bits per heavy atom. The van der Waals surface area contributed by atoms with E-state index in [0.29, 0.717) is 0 Å². The Bertz CT molecular complexity index is 582. The minimum Gasteiger partial charge on any atom is -0.315 e. The molecule has 2 aromatic heterocycles. The zero-order valence-electron chi connectivity index (χ0n) is 15.3. The summed E-state index contributed by atoms with van der Waals surface area (Å²) in [7, 11) is 0. The molecule has 24 heavy (non-hydrogen) atoms. The maximum atomic E-state index is 4.55. The van der Waals surface area contributed by atoms with Gasteiger partial charge in [0.2, 0.25) is 0 Å². The van der Waals surface area contributed by atoms with E-state index < -0.39 is 0 Å². The minimum atomic E-state index is 0.971. The Morgan fingerprint density at radius 2 is 1.54 bits per heavy atom. The lowest BCUT2D eigenvalue weighted by molar-refractivity contribution is 0.586. The minimum absolute atomic E-state index is 0.971. The van der Waals surface area contributed by atoms with Gasteiger partial charge in [-0.1, -0.05) is 65.2 Å². The molecule has 0 aromatic carbocycles.